The Kier molecular flexibility index (Phi) is 2.81. The average Bonchev–Trinajstić information content (AvgIpc) is 2.16. The second kappa shape index (κ2) is 3.87. The molecule has 0 heterocycles. The molecule has 1 aromatic rings. The number of hydrogen-bond acceptors (Lipinski definition) is 3. The molecule has 0 saturated heterocycles. The summed E-state index contributed by atoms with van der Waals surface area (Å²) in [5.74, 6) is -1.05. The van der Waals surface area contributed by atoms with Gasteiger partial charge in [-0.3, -0.25) is 0 Å². The third-order valence-electron chi connectivity index (χ3n) is 1.83. The molecule has 0 aliphatic carbocycles. The minimum atomic E-state index is -1.05. The van der Waals surface area contributed by atoms with Crippen molar-refractivity contribution >= 4 is 17.3 Å². The van der Waals surface area contributed by atoms with Gasteiger partial charge in [-0.15, -0.1) is 0 Å². The predicted molar refractivity (Wildman–Crippen MR) is 51.7 cm³/mol. The van der Waals surface area contributed by atoms with E-state index in [4.69, 9.17) is 5.11 Å². The molecule has 1 rings (SSSR count). The van der Waals surface area contributed by atoms with E-state index in [1.165, 1.54) is 12.1 Å². The normalized spacial score (nSPS) is 9.57. The maximum atomic E-state index is 10.8. The average molecular weight is 195 g/mol. The van der Waals surface area contributed by atoms with Crippen molar-refractivity contribution in [2.75, 3.05) is 19.0 Å². The van der Waals surface area contributed by atoms with Crippen molar-refractivity contribution in [1.82, 2.24) is 0 Å². The Bertz CT molecular complexity index is 374. The van der Waals surface area contributed by atoms with Gasteiger partial charge in [0.2, 0.25) is 0 Å². The Morgan fingerprint density at radius 2 is 2.07 bits per heavy atom. The molecule has 0 aliphatic rings. The number of anilines is 1. The summed E-state index contributed by atoms with van der Waals surface area (Å²) in [7, 11) is 3.48. The summed E-state index contributed by atoms with van der Waals surface area (Å²) in [6.45, 7) is 0. The van der Waals surface area contributed by atoms with Crippen molar-refractivity contribution in [2.24, 2.45) is 0 Å². The first-order chi connectivity index (χ1) is 6.56. The zero-order chi connectivity index (χ0) is 10.7. The lowest BCUT2D eigenvalue weighted by Gasteiger charge is -2.14. The van der Waals surface area contributed by atoms with Gasteiger partial charge in [0, 0.05) is 36.3 Å². The van der Waals surface area contributed by atoms with Crippen molar-refractivity contribution in [3.8, 4) is 0 Å². The predicted octanol–water partition coefficient (Wildman–Crippen LogP) is -0.0707. The molecule has 5 heteroatoms. The van der Waals surface area contributed by atoms with Crippen molar-refractivity contribution in [1.29, 1.82) is 0 Å². The van der Waals surface area contributed by atoms with Crippen LogP contribution in [0.5, 0.6) is 0 Å². The SMILES string of the molecule is CN(C)c1ccc([NH+]=O)cc1C(=O)O. The number of hydrogen-bond donors (Lipinski definition) is 2. The molecule has 0 spiro atoms. The minimum Gasteiger partial charge on any atom is -0.478 e. The third-order valence-corrected chi connectivity index (χ3v) is 1.83. The molecule has 5 nitrogen and oxygen atoms in total. The first-order valence-corrected chi connectivity index (χ1v) is 3.99. The molecular weight excluding hydrogens is 184 g/mol. The molecule has 0 saturated carbocycles. The lowest BCUT2D eigenvalue weighted by molar-refractivity contribution is -0.379. The van der Waals surface area contributed by atoms with E-state index in [1.807, 2.05) is 0 Å². The minimum absolute atomic E-state index is 0.107. The van der Waals surface area contributed by atoms with E-state index in [1.54, 1.807) is 30.2 Å². The molecule has 0 aromatic heterocycles. The van der Waals surface area contributed by atoms with Gasteiger partial charge in [0.05, 0.1) is 11.3 Å². The maximum Gasteiger partial charge on any atom is 0.338 e. The molecule has 1 aromatic carbocycles. The first-order valence-electron chi connectivity index (χ1n) is 3.99. The summed E-state index contributed by atoms with van der Waals surface area (Å²) in [4.78, 5) is 22.8. The van der Waals surface area contributed by atoms with Gasteiger partial charge in [0.1, 0.15) is 0 Å². The van der Waals surface area contributed by atoms with Gasteiger partial charge in [-0.25, -0.2) is 4.79 Å². The van der Waals surface area contributed by atoms with Crippen molar-refractivity contribution < 1.29 is 15.1 Å². The van der Waals surface area contributed by atoms with Crippen LogP contribution in [0.25, 0.3) is 0 Å². The van der Waals surface area contributed by atoms with E-state index in [0.717, 1.165) is 0 Å². The van der Waals surface area contributed by atoms with Gasteiger partial charge >= 0.3 is 5.97 Å². The summed E-state index contributed by atoms with van der Waals surface area (Å²) in [6.07, 6.45) is 0. The van der Waals surface area contributed by atoms with Crippen LogP contribution in [0.4, 0.5) is 11.4 Å². The fourth-order valence-corrected chi connectivity index (χ4v) is 1.16. The number of benzene rings is 1. The Balaban J connectivity index is 3.31. The zero-order valence-corrected chi connectivity index (χ0v) is 7.94. The van der Waals surface area contributed by atoms with Crippen LogP contribution in [0.2, 0.25) is 0 Å². The number of carboxylic acid groups (broad SMARTS) is 1. The molecule has 74 valence electrons. The molecule has 0 fully saturated rings. The lowest BCUT2D eigenvalue weighted by Crippen LogP contribution is -2.55. The topological polar surface area (TPSA) is 71.6 Å². The Morgan fingerprint density at radius 3 is 2.50 bits per heavy atom. The number of aromatic carboxylic acids is 1. The first kappa shape index (κ1) is 10.2. The highest BCUT2D eigenvalue weighted by Crippen LogP contribution is 2.20. The van der Waals surface area contributed by atoms with Crippen LogP contribution in [0, 0.1) is 4.91 Å². The molecule has 0 bridgehead atoms. The van der Waals surface area contributed by atoms with E-state index < -0.39 is 5.97 Å². The van der Waals surface area contributed by atoms with Gasteiger partial charge in [0.15, 0.2) is 0 Å². The van der Waals surface area contributed by atoms with Crippen LogP contribution >= 0.6 is 0 Å². The smallest absolute Gasteiger partial charge is 0.338 e. The Hall–Kier alpha value is -1.91. The number of nitroso groups, excluding NO2 is 1. The molecule has 0 aliphatic heterocycles. The van der Waals surface area contributed by atoms with E-state index in [9.17, 15) is 9.70 Å². The van der Waals surface area contributed by atoms with Crippen LogP contribution in [0.15, 0.2) is 18.2 Å². The second-order valence-electron chi connectivity index (χ2n) is 3.03. The summed E-state index contributed by atoms with van der Waals surface area (Å²) < 4.78 is 0. The van der Waals surface area contributed by atoms with E-state index >= 15 is 0 Å². The van der Waals surface area contributed by atoms with Gasteiger partial charge in [-0.05, 0) is 6.07 Å². The maximum absolute atomic E-state index is 10.8. The van der Waals surface area contributed by atoms with Gasteiger partial charge in [0.25, 0.3) is 5.69 Å². The molecule has 0 amide bonds. The van der Waals surface area contributed by atoms with Crippen LogP contribution in [0.3, 0.4) is 0 Å². The van der Waals surface area contributed by atoms with Gasteiger partial charge in [-0.1, -0.05) is 0 Å². The van der Waals surface area contributed by atoms with Crippen LogP contribution in [-0.4, -0.2) is 25.2 Å². The molecule has 14 heavy (non-hydrogen) atoms. The van der Waals surface area contributed by atoms with Crippen molar-refractivity contribution in [3.05, 3.63) is 28.7 Å². The fourth-order valence-electron chi connectivity index (χ4n) is 1.16. The highest BCUT2D eigenvalue weighted by Gasteiger charge is 2.14. The number of carboxylic acids is 1. The van der Waals surface area contributed by atoms with E-state index in [0.29, 0.717) is 5.69 Å². The second-order valence-corrected chi connectivity index (χ2v) is 3.03. The van der Waals surface area contributed by atoms with Gasteiger partial charge < -0.3 is 10.0 Å². The van der Waals surface area contributed by atoms with Crippen molar-refractivity contribution in [3.63, 3.8) is 0 Å². The molecule has 0 unspecified atom stereocenters. The fraction of sp³-hybridized carbons (Fsp3) is 0.222. The summed E-state index contributed by atoms with van der Waals surface area (Å²) in [5, 5.41) is 10.5. The van der Waals surface area contributed by atoms with E-state index in [2.05, 4.69) is 0 Å². The summed E-state index contributed by atoms with van der Waals surface area (Å²) in [6, 6.07) is 4.43. The van der Waals surface area contributed by atoms with E-state index in [-0.39, 0.29) is 11.3 Å². The number of rotatable bonds is 3. The zero-order valence-electron chi connectivity index (χ0n) is 7.94. The molecule has 0 radical (unpaired) electrons. The Labute approximate surface area is 80.9 Å². The Morgan fingerprint density at radius 1 is 1.43 bits per heavy atom. The van der Waals surface area contributed by atoms with Crippen LogP contribution in [0.1, 0.15) is 10.4 Å². The standard InChI is InChI=1S/C9H10N2O3/c1-11(2)8-4-3-6(10-14)5-7(8)9(12)13/h3-5H,1-2H3,(H,12,13)/p+1. The van der Waals surface area contributed by atoms with Crippen LogP contribution < -0.4 is 10.1 Å². The quantitative estimate of drug-likeness (QED) is 0.708. The molecular formula is C9H11N2O3+. The number of nitrogens with zero attached hydrogens (tertiary/aromatic N) is 1. The summed E-state index contributed by atoms with van der Waals surface area (Å²) >= 11 is 0. The third kappa shape index (κ3) is 1.87. The number of carbonyl (C=O) groups is 1. The number of nitrogens with one attached hydrogen (secondary N) is 1. The lowest BCUT2D eigenvalue weighted by atomic mass is 10.1. The van der Waals surface area contributed by atoms with Gasteiger partial charge in [-0.2, -0.15) is 0 Å². The molecule has 2 N–H and O–H groups in total. The summed E-state index contributed by atoms with van der Waals surface area (Å²) in [5.41, 5.74) is 0.917. The highest BCUT2D eigenvalue weighted by atomic mass is 16.4. The molecule has 0 atom stereocenters. The highest BCUT2D eigenvalue weighted by molar-refractivity contribution is 5.95. The van der Waals surface area contributed by atoms with Crippen LogP contribution in [-0.2, 0) is 0 Å². The monoisotopic (exact) mass is 195 g/mol. The largest absolute Gasteiger partial charge is 0.478 e. The van der Waals surface area contributed by atoms with Crippen molar-refractivity contribution in [2.45, 2.75) is 0 Å².